The van der Waals surface area contributed by atoms with Crippen LogP contribution in [0, 0.1) is 0 Å². The number of benzene rings is 7. The highest BCUT2D eigenvalue weighted by Crippen LogP contribution is 2.46. The third-order valence-electron chi connectivity index (χ3n) is 10.0. The molecule has 9 rings (SSSR count). The van der Waals surface area contributed by atoms with Crippen LogP contribution >= 0.6 is 0 Å². The number of hydrogen-bond acceptors (Lipinski definition) is 0. The molecule has 7 aromatic carbocycles. The minimum Gasteiger partial charge on any atom is -0.0836 e. The van der Waals surface area contributed by atoms with Gasteiger partial charge in [0.2, 0.25) is 0 Å². The van der Waals surface area contributed by atoms with Crippen LogP contribution in [0.3, 0.4) is 0 Å². The molecule has 218 valence electrons. The maximum absolute atomic E-state index is 2.45. The van der Waals surface area contributed by atoms with E-state index in [9.17, 15) is 0 Å². The third kappa shape index (κ3) is 4.44. The van der Waals surface area contributed by atoms with Crippen LogP contribution in [0.5, 0.6) is 0 Å². The second-order valence-electron chi connectivity index (χ2n) is 12.6. The molecule has 0 unspecified atom stereocenters. The summed E-state index contributed by atoms with van der Waals surface area (Å²) >= 11 is 0. The third-order valence-corrected chi connectivity index (χ3v) is 10.0. The van der Waals surface area contributed by atoms with Gasteiger partial charge in [-0.25, -0.2) is 0 Å². The Hall–Kier alpha value is -5.46. The maximum Gasteiger partial charge on any atom is -0.00204 e. The van der Waals surface area contributed by atoms with E-state index >= 15 is 0 Å². The van der Waals surface area contributed by atoms with Gasteiger partial charge in [0.15, 0.2) is 0 Å². The first-order valence-electron chi connectivity index (χ1n) is 16.6. The lowest BCUT2D eigenvalue weighted by Gasteiger charge is -2.24. The molecule has 0 saturated carbocycles. The van der Waals surface area contributed by atoms with Crippen molar-refractivity contribution in [1.29, 1.82) is 0 Å². The predicted octanol–water partition coefficient (Wildman–Crippen LogP) is 10.7. The topological polar surface area (TPSA) is 0 Å². The molecule has 0 heteroatoms. The second kappa shape index (κ2) is 11.2. The normalized spacial score (nSPS) is 13.8. The highest BCUT2D eigenvalue weighted by atomic mass is 14.3. The first kappa shape index (κ1) is 26.9. The molecule has 0 N–H and O–H groups in total. The number of hydrogen-bond donors (Lipinski definition) is 0. The number of allylic oxidation sites excluding steroid dienone is 1. The van der Waals surface area contributed by atoms with Gasteiger partial charge in [0.25, 0.3) is 0 Å². The van der Waals surface area contributed by atoms with Gasteiger partial charge in [0.1, 0.15) is 0 Å². The van der Waals surface area contributed by atoms with E-state index in [0.29, 0.717) is 0 Å². The molecule has 0 amide bonds. The Balaban J connectivity index is 1.33. The fraction of sp³-hybridized carbons (Fsp3) is 0.0870. The smallest absolute Gasteiger partial charge is 0.00204 e. The largest absolute Gasteiger partial charge is 0.0836 e. The van der Waals surface area contributed by atoms with E-state index in [0.717, 1.165) is 25.7 Å². The van der Waals surface area contributed by atoms with Gasteiger partial charge in [0.05, 0.1) is 0 Å². The van der Waals surface area contributed by atoms with E-state index in [1.165, 1.54) is 87.6 Å². The molecule has 7 aromatic rings. The predicted molar refractivity (Wildman–Crippen MR) is 197 cm³/mol. The van der Waals surface area contributed by atoms with Crippen LogP contribution in [0.4, 0.5) is 0 Å². The first-order chi connectivity index (χ1) is 22.8. The van der Waals surface area contributed by atoms with Crippen LogP contribution in [0.1, 0.15) is 36.0 Å². The number of rotatable bonds is 4. The average Bonchev–Trinajstić information content (AvgIpc) is 3.14. The summed E-state index contributed by atoms with van der Waals surface area (Å²) < 4.78 is 0. The van der Waals surface area contributed by atoms with Crippen LogP contribution in [-0.4, -0.2) is 0 Å². The number of aryl methyl sites for hydroxylation is 1. The highest BCUT2D eigenvalue weighted by Gasteiger charge is 2.22. The molecule has 0 saturated heterocycles. The number of fused-ring (bicyclic) bond motifs is 5. The zero-order valence-corrected chi connectivity index (χ0v) is 25.8. The van der Waals surface area contributed by atoms with Gasteiger partial charge in [-0.2, -0.15) is 0 Å². The van der Waals surface area contributed by atoms with Crippen LogP contribution in [-0.2, 0) is 6.42 Å². The summed E-state index contributed by atoms with van der Waals surface area (Å²) in [7, 11) is 0. The van der Waals surface area contributed by atoms with Gasteiger partial charge in [0, 0.05) is 0 Å². The van der Waals surface area contributed by atoms with Crippen LogP contribution in [0.15, 0.2) is 146 Å². The van der Waals surface area contributed by atoms with Crippen molar-refractivity contribution in [2.45, 2.75) is 25.7 Å². The van der Waals surface area contributed by atoms with Crippen molar-refractivity contribution in [2.24, 2.45) is 0 Å². The fourth-order valence-corrected chi connectivity index (χ4v) is 7.95. The Morgan fingerprint density at radius 3 is 2.04 bits per heavy atom. The maximum atomic E-state index is 2.45. The lowest BCUT2D eigenvalue weighted by Crippen LogP contribution is -2.29. The summed E-state index contributed by atoms with van der Waals surface area (Å²) in [6.45, 7) is 0. The van der Waals surface area contributed by atoms with Crippen molar-refractivity contribution >= 4 is 39.3 Å². The van der Waals surface area contributed by atoms with Crippen molar-refractivity contribution < 1.29 is 0 Å². The Bertz CT molecular complexity index is 2470. The van der Waals surface area contributed by atoms with Gasteiger partial charge in [-0.3, -0.25) is 0 Å². The highest BCUT2D eigenvalue weighted by molar-refractivity contribution is 6.10. The molecular weight excluding hydrogens is 553 g/mol. The molecule has 0 spiro atoms. The molecule has 0 radical (unpaired) electrons. The van der Waals surface area contributed by atoms with Gasteiger partial charge >= 0.3 is 0 Å². The first-order valence-corrected chi connectivity index (χ1v) is 16.6. The molecule has 0 bridgehead atoms. The van der Waals surface area contributed by atoms with E-state index < -0.39 is 0 Å². The van der Waals surface area contributed by atoms with Crippen molar-refractivity contribution in [1.82, 2.24) is 0 Å². The van der Waals surface area contributed by atoms with Gasteiger partial charge < -0.3 is 0 Å². The molecule has 2 aliphatic carbocycles. The van der Waals surface area contributed by atoms with Gasteiger partial charge in [-0.15, -0.1) is 0 Å². The minimum atomic E-state index is 1.06. The summed E-state index contributed by atoms with van der Waals surface area (Å²) in [6, 6.07) is 51.9. The summed E-state index contributed by atoms with van der Waals surface area (Å²) in [5.74, 6) is 0. The standard InChI is InChI=1S/C46H34/c1-3-21-37-31(13-1)15-11-27-39(37)33-17-9-19-35(29-33)45-43-25-7-5-23-41(43)42-24-6-8-26-44(42)46(45)36-20-10-18-34(30-36)40-28-12-16-32-14-2-4-22-38(32)40/h1-5,7-10,12-23,25-26,28-30H,6,11,24,27H2. The molecular formula is C46H34. The molecule has 46 heavy (non-hydrogen) atoms. The van der Waals surface area contributed by atoms with Gasteiger partial charge in [-0.05, 0) is 125 Å². The summed E-state index contributed by atoms with van der Waals surface area (Å²) in [5, 5.41) is 7.99. The Morgan fingerprint density at radius 1 is 0.457 bits per heavy atom. The average molecular weight is 587 g/mol. The van der Waals surface area contributed by atoms with Crippen LogP contribution in [0.25, 0.3) is 72.7 Å². The lowest BCUT2D eigenvalue weighted by molar-refractivity contribution is 0.998. The summed E-state index contributed by atoms with van der Waals surface area (Å²) in [6.07, 6.45) is 11.4. The van der Waals surface area contributed by atoms with Crippen LogP contribution < -0.4 is 10.4 Å². The Morgan fingerprint density at radius 2 is 1.13 bits per heavy atom. The van der Waals surface area contributed by atoms with E-state index in [-0.39, 0.29) is 0 Å². The van der Waals surface area contributed by atoms with E-state index in [2.05, 4.69) is 158 Å². The summed E-state index contributed by atoms with van der Waals surface area (Å²) in [5.41, 5.74) is 13.3. The lowest BCUT2D eigenvalue weighted by atomic mass is 9.79. The monoisotopic (exact) mass is 586 g/mol. The molecule has 2 aliphatic rings. The minimum absolute atomic E-state index is 1.06. The van der Waals surface area contributed by atoms with Crippen molar-refractivity contribution in [3.63, 3.8) is 0 Å². The SMILES string of the molecule is C1=Cc2c(-c3cccc(-c4cccc5ccccc45)c3)c(-c3cccc(C4=c5ccccc5=CCC4)c3)c3ccccc3c2CC1. The van der Waals surface area contributed by atoms with Crippen LogP contribution in [0.2, 0.25) is 0 Å². The van der Waals surface area contributed by atoms with E-state index in [4.69, 9.17) is 0 Å². The molecule has 0 fully saturated rings. The fourth-order valence-electron chi connectivity index (χ4n) is 7.95. The second-order valence-corrected chi connectivity index (χ2v) is 12.6. The molecule has 0 heterocycles. The van der Waals surface area contributed by atoms with E-state index in [1.807, 2.05) is 0 Å². The zero-order chi connectivity index (χ0) is 30.5. The zero-order valence-electron chi connectivity index (χ0n) is 25.8. The molecule has 0 atom stereocenters. The van der Waals surface area contributed by atoms with Crippen molar-refractivity contribution in [3.8, 4) is 33.4 Å². The Kier molecular flexibility index (Phi) is 6.53. The van der Waals surface area contributed by atoms with Crippen molar-refractivity contribution in [2.75, 3.05) is 0 Å². The molecule has 0 aliphatic heterocycles. The molecule has 0 nitrogen and oxygen atoms in total. The van der Waals surface area contributed by atoms with E-state index in [1.54, 1.807) is 0 Å². The molecule has 0 aromatic heterocycles. The quantitative estimate of drug-likeness (QED) is 0.192. The Labute approximate surface area is 270 Å². The summed E-state index contributed by atoms with van der Waals surface area (Å²) in [4.78, 5) is 0. The van der Waals surface area contributed by atoms with Crippen molar-refractivity contribution in [3.05, 3.63) is 173 Å². The van der Waals surface area contributed by atoms with Gasteiger partial charge in [-0.1, -0.05) is 146 Å².